The largest absolute Gasteiger partial charge is 0.481 e. The highest BCUT2D eigenvalue weighted by atomic mass is 32.2. The molecule has 8 nitrogen and oxygen atoms in total. The Morgan fingerprint density at radius 1 is 0.821 bits per heavy atom. The van der Waals surface area contributed by atoms with Gasteiger partial charge in [-0.3, -0.25) is 4.79 Å². The van der Waals surface area contributed by atoms with Crippen molar-refractivity contribution in [2.45, 2.75) is 19.1 Å². The molecule has 4 rings (SSSR count). The lowest BCUT2D eigenvalue weighted by molar-refractivity contribution is -0.145. The van der Waals surface area contributed by atoms with Gasteiger partial charge < -0.3 is 18.6 Å². The minimum Gasteiger partial charge on any atom is -0.481 e. The third kappa shape index (κ3) is 7.20. The first-order valence-corrected chi connectivity index (χ1v) is 13.0. The Morgan fingerprint density at radius 3 is 2.08 bits per heavy atom. The van der Waals surface area contributed by atoms with Gasteiger partial charge in [0, 0.05) is 0 Å². The van der Waals surface area contributed by atoms with E-state index < -0.39 is 30.2 Å². The molecule has 0 fully saturated rings. The highest BCUT2D eigenvalue weighted by molar-refractivity contribution is 7.99. The van der Waals surface area contributed by atoms with E-state index in [1.165, 1.54) is 24.3 Å². The number of halogens is 2. The molecule has 0 unspecified atom stereocenters. The van der Waals surface area contributed by atoms with Crippen LogP contribution in [0.5, 0.6) is 5.75 Å². The van der Waals surface area contributed by atoms with Crippen LogP contribution in [0, 0.1) is 11.6 Å². The molecule has 0 amide bonds. The Kier molecular flexibility index (Phi) is 9.27. The summed E-state index contributed by atoms with van der Waals surface area (Å²) in [6, 6.07) is 15.1. The van der Waals surface area contributed by atoms with Crippen molar-refractivity contribution in [2.24, 2.45) is 0 Å². The van der Waals surface area contributed by atoms with E-state index >= 15 is 0 Å². The van der Waals surface area contributed by atoms with E-state index in [1.54, 1.807) is 50.2 Å². The number of hydrogen-bond donors (Lipinski definition) is 0. The summed E-state index contributed by atoms with van der Waals surface area (Å²) in [5.74, 6) is -1.63. The molecule has 0 atom stereocenters. The van der Waals surface area contributed by atoms with Gasteiger partial charge in [0.15, 0.2) is 6.61 Å². The Morgan fingerprint density at radius 2 is 1.44 bits per heavy atom. The average molecular weight is 555 g/mol. The summed E-state index contributed by atoms with van der Waals surface area (Å²) in [4.78, 5) is 23.9. The SMILES string of the molecule is CCOC(=O)COc1cc(-c2ccc(F)cc2)cc(-c2ccc(F)cc2)c1-c1nnc(SCC(=O)OCC)o1. The van der Waals surface area contributed by atoms with Crippen molar-refractivity contribution in [2.75, 3.05) is 25.6 Å². The molecule has 0 bridgehead atoms. The normalized spacial score (nSPS) is 10.8. The second kappa shape index (κ2) is 13.0. The van der Waals surface area contributed by atoms with Crippen LogP contribution in [0.4, 0.5) is 8.78 Å². The van der Waals surface area contributed by atoms with E-state index in [-0.39, 0.29) is 35.8 Å². The summed E-state index contributed by atoms with van der Waals surface area (Å²) in [5, 5.41) is 8.28. The molecular formula is C28H24F2N2O6S. The summed E-state index contributed by atoms with van der Waals surface area (Å²) in [5.41, 5.74) is 2.76. The van der Waals surface area contributed by atoms with Crippen molar-refractivity contribution in [1.82, 2.24) is 10.2 Å². The van der Waals surface area contributed by atoms with Crippen LogP contribution in [0.1, 0.15) is 13.8 Å². The molecule has 202 valence electrons. The number of ether oxygens (including phenoxy) is 3. The van der Waals surface area contributed by atoms with E-state index in [2.05, 4.69) is 10.2 Å². The number of thioether (sulfide) groups is 1. The second-order valence-corrected chi connectivity index (χ2v) is 8.90. The summed E-state index contributed by atoms with van der Waals surface area (Å²) in [7, 11) is 0. The van der Waals surface area contributed by atoms with Gasteiger partial charge in [0.2, 0.25) is 0 Å². The van der Waals surface area contributed by atoms with Crippen LogP contribution in [-0.2, 0) is 19.1 Å². The molecule has 0 aliphatic heterocycles. The van der Waals surface area contributed by atoms with Crippen LogP contribution in [-0.4, -0.2) is 47.7 Å². The van der Waals surface area contributed by atoms with Gasteiger partial charge in [-0.05, 0) is 72.5 Å². The summed E-state index contributed by atoms with van der Waals surface area (Å²) >= 11 is 1.00. The van der Waals surface area contributed by atoms with Crippen molar-refractivity contribution < 1.29 is 37.0 Å². The second-order valence-electron chi connectivity index (χ2n) is 7.97. The highest BCUT2D eigenvalue weighted by Crippen LogP contribution is 2.43. The number of esters is 2. The Labute approximate surface area is 227 Å². The molecule has 0 radical (unpaired) electrons. The van der Waals surface area contributed by atoms with Crippen LogP contribution in [0.25, 0.3) is 33.7 Å². The fraction of sp³-hybridized carbons (Fsp3) is 0.214. The maximum atomic E-state index is 13.8. The number of hydrogen-bond acceptors (Lipinski definition) is 9. The zero-order valence-corrected chi connectivity index (χ0v) is 21.9. The van der Waals surface area contributed by atoms with Crippen LogP contribution < -0.4 is 4.74 Å². The van der Waals surface area contributed by atoms with E-state index in [4.69, 9.17) is 18.6 Å². The number of carbonyl (C=O) groups is 2. The van der Waals surface area contributed by atoms with Crippen molar-refractivity contribution in [1.29, 1.82) is 0 Å². The first-order chi connectivity index (χ1) is 18.9. The molecule has 11 heteroatoms. The average Bonchev–Trinajstić information content (AvgIpc) is 3.40. The monoisotopic (exact) mass is 554 g/mol. The number of carbonyl (C=O) groups excluding carboxylic acids is 2. The molecule has 4 aromatic rings. The minimum absolute atomic E-state index is 0.0317. The van der Waals surface area contributed by atoms with Crippen LogP contribution in [0.3, 0.4) is 0 Å². The zero-order chi connectivity index (χ0) is 27.8. The highest BCUT2D eigenvalue weighted by Gasteiger charge is 2.23. The fourth-order valence-corrected chi connectivity index (χ4v) is 4.21. The predicted octanol–water partition coefficient (Wildman–Crippen LogP) is 5.95. The summed E-state index contributed by atoms with van der Waals surface area (Å²) in [6.45, 7) is 3.40. The molecule has 0 saturated heterocycles. The van der Waals surface area contributed by atoms with E-state index in [0.29, 0.717) is 27.8 Å². The molecule has 3 aromatic carbocycles. The maximum Gasteiger partial charge on any atom is 0.344 e. The third-order valence-corrected chi connectivity index (χ3v) is 6.12. The number of rotatable bonds is 11. The van der Waals surface area contributed by atoms with Gasteiger partial charge in [0.25, 0.3) is 11.1 Å². The molecule has 0 N–H and O–H groups in total. The van der Waals surface area contributed by atoms with E-state index in [0.717, 1.165) is 11.8 Å². The lowest BCUT2D eigenvalue weighted by Crippen LogP contribution is -2.15. The van der Waals surface area contributed by atoms with Crippen LogP contribution >= 0.6 is 11.8 Å². The van der Waals surface area contributed by atoms with Crippen molar-refractivity contribution in [3.8, 4) is 39.5 Å². The Hall–Kier alpha value is -4.25. The third-order valence-electron chi connectivity index (χ3n) is 5.32. The van der Waals surface area contributed by atoms with E-state index in [1.807, 2.05) is 0 Å². The molecular weight excluding hydrogens is 530 g/mol. The Bertz CT molecular complexity index is 1440. The molecule has 1 aromatic heterocycles. The number of benzene rings is 3. The predicted molar refractivity (Wildman–Crippen MR) is 140 cm³/mol. The van der Waals surface area contributed by atoms with Gasteiger partial charge in [-0.1, -0.05) is 36.0 Å². The zero-order valence-electron chi connectivity index (χ0n) is 21.1. The van der Waals surface area contributed by atoms with Crippen molar-refractivity contribution in [3.63, 3.8) is 0 Å². The molecule has 0 aliphatic rings. The topological polar surface area (TPSA) is 101 Å². The molecule has 39 heavy (non-hydrogen) atoms. The lowest BCUT2D eigenvalue weighted by Gasteiger charge is -2.16. The fourth-order valence-electron chi connectivity index (χ4n) is 3.65. The molecule has 0 spiro atoms. The first kappa shape index (κ1) is 27.8. The standard InChI is InChI=1S/C28H24F2N2O6S/c1-3-35-24(33)15-37-23-14-19(17-5-9-20(29)10-6-17)13-22(18-7-11-21(30)12-8-18)26(23)27-31-32-28(38-27)39-16-25(34)36-4-2/h5-14H,3-4,15-16H2,1-2H3. The van der Waals surface area contributed by atoms with Crippen LogP contribution in [0.2, 0.25) is 0 Å². The summed E-state index contributed by atoms with van der Waals surface area (Å²) < 4.78 is 49.1. The quantitative estimate of drug-likeness (QED) is 0.165. The first-order valence-electron chi connectivity index (χ1n) is 12.0. The van der Waals surface area contributed by atoms with Crippen LogP contribution in [0.15, 0.2) is 70.3 Å². The molecule has 0 saturated carbocycles. The lowest BCUT2D eigenvalue weighted by atomic mass is 9.93. The van der Waals surface area contributed by atoms with E-state index in [9.17, 15) is 18.4 Å². The number of aromatic nitrogens is 2. The van der Waals surface area contributed by atoms with Crippen molar-refractivity contribution >= 4 is 23.7 Å². The van der Waals surface area contributed by atoms with Gasteiger partial charge in [0.05, 0.1) is 18.8 Å². The minimum atomic E-state index is -0.588. The van der Waals surface area contributed by atoms with Gasteiger partial charge >= 0.3 is 11.9 Å². The maximum absolute atomic E-state index is 13.8. The molecule has 0 aliphatic carbocycles. The smallest absolute Gasteiger partial charge is 0.344 e. The summed E-state index contributed by atoms with van der Waals surface area (Å²) in [6.07, 6.45) is 0. The number of nitrogens with zero attached hydrogens (tertiary/aromatic N) is 2. The molecule has 1 heterocycles. The van der Waals surface area contributed by atoms with Gasteiger partial charge in [0.1, 0.15) is 23.1 Å². The van der Waals surface area contributed by atoms with Gasteiger partial charge in [-0.2, -0.15) is 0 Å². The van der Waals surface area contributed by atoms with Gasteiger partial charge in [-0.15, -0.1) is 10.2 Å². The Balaban J connectivity index is 1.84. The van der Waals surface area contributed by atoms with Crippen molar-refractivity contribution in [3.05, 3.63) is 72.3 Å². The van der Waals surface area contributed by atoms with Gasteiger partial charge in [-0.25, -0.2) is 13.6 Å².